The maximum Gasteiger partial charge on any atom is 0.257 e. The Hall–Kier alpha value is -1.40. The third-order valence-electron chi connectivity index (χ3n) is 4.64. The van der Waals surface area contributed by atoms with Crippen molar-refractivity contribution in [3.05, 3.63) is 18.0 Å². The summed E-state index contributed by atoms with van der Waals surface area (Å²) in [6.45, 7) is 12.3. The Morgan fingerprint density at radius 1 is 1.27 bits per heavy atom. The van der Waals surface area contributed by atoms with Gasteiger partial charge in [0.2, 0.25) is 0 Å². The molecular weight excluding hydrogens is 278 g/mol. The van der Waals surface area contributed by atoms with Crippen molar-refractivity contribution in [3.8, 4) is 0 Å². The zero-order valence-corrected chi connectivity index (χ0v) is 13.9. The highest BCUT2D eigenvalue weighted by Crippen LogP contribution is 2.20. The number of nitrogens with one attached hydrogen (secondary N) is 1. The van der Waals surface area contributed by atoms with E-state index in [0.717, 1.165) is 45.7 Å². The maximum atomic E-state index is 12.7. The highest BCUT2D eigenvalue weighted by molar-refractivity contribution is 5.94. The predicted molar refractivity (Wildman–Crippen MR) is 86.0 cm³/mol. The van der Waals surface area contributed by atoms with E-state index in [1.54, 1.807) is 6.20 Å². The summed E-state index contributed by atoms with van der Waals surface area (Å²) in [5.41, 5.74) is 0.614. The third-order valence-corrected chi connectivity index (χ3v) is 4.64. The molecule has 1 aromatic rings. The van der Waals surface area contributed by atoms with Crippen LogP contribution in [0.3, 0.4) is 0 Å². The Balaban J connectivity index is 1.62. The molecule has 1 unspecified atom stereocenters. The van der Waals surface area contributed by atoms with Gasteiger partial charge in [0.25, 0.3) is 5.91 Å². The van der Waals surface area contributed by atoms with Crippen LogP contribution < -0.4 is 5.32 Å². The minimum Gasteiger partial charge on any atom is -0.337 e. The van der Waals surface area contributed by atoms with Gasteiger partial charge in [-0.2, -0.15) is 5.10 Å². The van der Waals surface area contributed by atoms with Crippen molar-refractivity contribution in [2.45, 2.75) is 38.8 Å². The fourth-order valence-corrected chi connectivity index (χ4v) is 3.25. The van der Waals surface area contributed by atoms with Gasteiger partial charge >= 0.3 is 0 Å². The van der Waals surface area contributed by atoms with E-state index in [2.05, 4.69) is 36.1 Å². The summed E-state index contributed by atoms with van der Waals surface area (Å²) in [5, 5.41) is 7.72. The highest BCUT2D eigenvalue weighted by Gasteiger charge is 2.32. The number of nitrogens with zero attached hydrogens (tertiary/aromatic N) is 4. The minimum absolute atomic E-state index is 0.0904. The number of carbonyl (C=O) groups excluding carboxylic acids is 1. The van der Waals surface area contributed by atoms with Crippen LogP contribution in [-0.4, -0.2) is 70.8 Å². The van der Waals surface area contributed by atoms with E-state index in [1.807, 2.05) is 15.8 Å². The quantitative estimate of drug-likeness (QED) is 0.876. The predicted octanol–water partition coefficient (Wildman–Crippen LogP) is 0.758. The summed E-state index contributed by atoms with van der Waals surface area (Å²) in [7, 11) is 0. The molecule has 2 aliphatic heterocycles. The topological polar surface area (TPSA) is 53.4 Å². The lowest BCUT2D eigenvalue weighted by Gasteiger charge is -2.32. The Morgan fingerprint density at radius 2 is 2.00 bits per heavy atom. The van der Waals surface area contributed by atoms with Crippen LogP contribution in [0, 0.1) is 0 Å². The Bertz CT molecular complexity index is 527. The van der Waals surface area contributed by atoms with E-state index in [1.165, 1.54) is 0 Å². The Kier molecular flexibility index (Phi) is 4.23. The van der Waals surface area contributed by atoms with E-state index in [-0.39, 0.29) is 11.4 Å². The number of likely N-dealkylation sites (tertiary alicyclic amines) is 1. The molecule has 3 rings (SSSR count). The average Bonchev–Trinajstić information content (AvgIpc) is 3.16. The van der Waals surface area contributed by atoms with Gasteiger partial charge in [0.15, 0.2) is 0 Å². The van der Waals surface area contributed by atoms with E-state index >= 15 is 0 Å². The summed E-state index contributed by atoms with van der Waals surface area (Å²) in [4.78, 5) is 17.2. The lowest BCUT2D eigenvalue weighted by Crippen LogP contribution is -2.49. The van der Waals surface area contributed by atoms with Gasteiger partial charge in [0.05, 0.1) is 17.3 Å². The minimum atomic E-state index is -0.0904. The van der Waals surface area contributed by atoms with Gasteiger partial charge in [0, 0.05) is 51.5 Å². The first-order valence-electron chi connectivity index (χ1n) is 8.24. The van der Waals surface area contributed by atoms with Crippen molar-refractivity contribution < 1.29 is 4.79 Å². The van der Waals surface area contributed by atoms with Gasteiger partial charge in [-0.05, 0) is 27.2 Å². The first-order chi connectivity index (χ1) is 10.4. The molecule has 2 aliphatic rings. The van der Waals surface area contributed by atoms with Crippen LogP contribution in [0.5, 0.6) is 0 Å². The van der Waals surface area contributed by atoms with E-state index in [4.69, 9.17) is 0 Å². The molecule has 1 amide bonds. The summed E-state index contributed by atoms with van der Waals surface area (Å²) >= 11 is 0. The van der Waals surface area contributed by atoms with E-state index in [9.17, 15) is 4.79 Å². The van der Waals surface area contributed by atoms with Crippen molar-refractivity contribution >= 4 is 5.91 Å². The summed E-state index contributed by atoms with van der Waals surface area (Å²) in [5.74, 6) is 0.119. The van der Waals surface area contributed by atoms with Gasteiger partial charge in [-0.1, -0.05) is 0 Å². The molecule has 0 radical (unpaired) electrons. The Morgan fingerprint density at radius 3 is 2.64 bits per heavy atom. The van der Waals surface area contributed by atoms with Crippen LogP contribution in [0.15, 0.2) is 12.4 Å². The van der Waals surface area contributed by atoms with E-state index in [0.29, 0.717) is 11.6 Å². The summed E-state index contributed by atoms with van der Waals surface area (Å²) < 4.78 is 1.87. The van der Waals surface area contributed by atoms with Crippen molar-refractivity contribution in [2.24, 2.45) is 0 Å². The van der Waals surface area contributed by atoms with E-state index < -0.39 is 0 Å². The normalized spacial score (nSPS) is 24.0. The fraction of sp³-hybridized carbons (Fsp3) is 0.750. The molecule has 6 nitrogen and oxygen atoms in total. The molecule has 2 saturated heterocycles. The molecule has 0 aromatic carbocycles. The van der Waals surface area contributed by atoms with Crippen molar-refractivity contribution in [1.82, 2.24) is 24.9 Å². The zero-order valence-electron chi connectivity index (χ0n) is 13.9. The molecule has 3 heterocycles. The molecule has 22 heavy (non-hydrogen) atoms. The van der Waals surface area contributed by atoms with Gasteiger partial charge < -0.3 is 10.2 Å². The molecule has 0 bridgehead atoms. The molecule has 1 N–H and O–H groups in total. The van der Waals surface area contributed by atoms with Crippen LogP contribution in [0.1, 0.15) is 37.6 Å². The van der Waals surface area contributed by atoms with Crippen molar-refractivity contribution in [1.29, 1.82) is 0 Å². The summed E-state index contributed by atoms with van der Waals surface area (Å²) in [6.07, 6.45) is 4.66. The van der Waals surface area contributed by atoms with Crippen LogP contribution in [-0.2, 0) is 5.54 Å². The van der Waals surface area contributed by atoms with Gasteiger partial charge in [-0.25, -0.2) is 0 Å². The number of piperazine rings is 1. The molecule has 0 aliphatic carbocycles. The van der Waals surface area contributed by atoms with Crippen LogP contribution in [0.4, 0.5) is 0 Å². The number of amides is 1. The fourth-order valence-electron chi connectivity index (χ4n) is 3.25. The third kappa shape index (κ3) is 3.17. The molecule has 1 atom stereocenters. The lowest BCUT2D eigenvalue weighted by molar-refractivity contribution is 0.0773. The molecule has 1 aromatic heterocycles. The molecule has 2 fully saturated rings. The SMILES string of the molecule is CC(C)(C)n1cc(C(=O)N2CCC(N3CCNCC3)C2)cn1. The number of aromatic nitrogens is 2. The maximum absolute atomic E-state index is 12.7. The zero-order chi connectivity index (χ0) is 15.7. The molecule has 0 spiro atoms. The molecule has 6 heteroatoms. The molecular formula is C16H27N5O. The van der Waals surface area contributed by atoms with Gasteiger partial charge in [-0.3, -0.25) is 14.4 Å². The smallest absolute Gasteiger partial charge is 0.257 e. The van der Waals surface area contributed by atoms with Crippen LogP contribution in [0.2, 0.25) is 0 Å². The van der Waals surface area contributed by atoms with Gasteiger partial charge in [-0.15, -0.1) is 0 Å². The average molecular weight is 305 g/mol. The first-order valence-corrected chi connectivity index (χ1v) is 8.24. The second-order valence-electron chi connectivity index (χ2n) is 7.32. The van der Waals surface area contributed by atoms with Crippen LogP contribution >= 0.6 is 0 Å². The van der Waals surface area contributed by atoms with Gasteiger partial charge in [0.1, 0.15) is 0 Å². The lowest BCUT2D eigenvalue weighted by atomic mass is 10.1. The highest BCUT2D eigenvalue weighted by atomic mass is 16.2. The standard InChI is InChI=1S/C16H27N5O/c1-16(2,3)21-11-13(10-18-21)15(22)20-7-4-14(12-20)19-8-5-17-6-9-19/h10-11,14,17H,4-9,12H2,1-3H3. The molecule has 122 valence electrons. The second-order valence-corrected chi connectivity index (χ2v) is 7.32. The molecule has 0 saturated carbocycles. The first kappa shape index (κ1) is 15.5. The number of rotatable bonds is 2. The monoisotopic (exact) mass is 305 g/mol. The Labute approximate surface area is 132 Å². The van der Waals surface area contributed by atoms with Crippen molar-refractivity contribution in [2.75, 3.05) is 39.3 Å². The number of carbonyl (C=O) groups is 1. The van der Waals surface area contributed by atoms with Crippen LogP contribution in [0.25, 0.3) is 0 Å². The number of hydrogen-bond acceptors (Lipinski definition) is 4. The number of hydrogen-bond donors (Lipinski definition) is 1. The summed E-state index contributed by atoms with van der Waals surface area (Å²) in [6, 6.07) is 0.517. The van der Waals surface area contributed by atoms with Crippen molar-refractivity contribution in [3.63, 3.8) is 0 Å². The largest absolute Gasteiger partial charge is 0.337 e. The second kappa shape index (κ2) is 6.01.